The summed E-state index contributed by atoms with van der Waals surface area (Å²) in [5, 5.41) is 5.92. The molecule has 5 heterocycles. The second kappa shape index (κ2) is 12.0. The fraction of sp³-hybridized carbons (Fsp3) is 0.586. The van der Waals surface area contributed by atoms with Crippen LogP contribution in [0, 0.1) is 11.7 Å². The number of methoxy groups -OCH3 is 1. The largest absolute Gasteiger partial charge is 0.497 e. The Bertz CT molecular complexity index is 1210. The van der Waals surface area contributed by atoms with E-state index in [-0.39, 0.29) is 18.4 Å². The molecule has 0 aliphatic carbocycles. The summed E-state index contributed by atoms with van der Waals surface area (Å²) in [5.41, 5.74) is 4.63. The van der Waals surface area contributed by atoms with Gasteiger partial charge in [-0.25, -0.2) is 28.1 Å². The van der Waals surface area contributed by atoms with Crippen molar-refractivity contribution in [1.29, 1.82) is 0 Å². The van der Waals surface area contributed by atoms with Crippen molar-refractivity contribution in [2.24, 2.45) is 5.92 Å². The maximum absolute atomic E-state index is 13.6. The van der Waals surface area contributed by atoms with Gasteiger partial charge in [-0.15, -0.1) is 11.8 Å². The molecule has 2 N–H and O–H groups in total. The number of benzene rings is 1. The maximum Gasteiger partial charge on any atom is 0.250 e. The lowest BCUT2D eigenvalue weighted by atomic mass is 9.82. The van der Waals surface area contributed by atoms with Crippen LogP contribution in [0.4, 0.5) is 19.1 Å². The van der Waals surface area contributed by atoms with Gasteiger partial charge in [0.15, 0.2) is 5.82 Å². The lowest BCUT2D eigenvalue weighted by molar-refractivity contribution is -0.0554. The summed E-state index contributed by atoms with van der Waals surface area (Å²) < 4.78 is 45.9. The molecule has 3 saturated heterocycles. The number of hydrazine groups is 1. The number of thioether (sulfide) groups is 1. The number of nitrogens with one attached hydrogen (secondary N) is 2. The minimum atomic E-state index is -2.50. The Morgan fingerprint density at radius 3 is 2.49 bits per heavy atom. The number of hydrogen-bond acceptors (Lipinski definition) is 9. The van der Waals surface area contributed by atoms with Crippen LogP contribution in [0.3, 0.4) is 0 Å². The van der Waals surface area contributed by atoms with Gasteiger partial charge in [0.25, 0.3) is 5.92 Å². The van der Waals surface area contributed by atoms with E-state index in [0.29, 0.717) is 30.2 Å². The summed E-state index contributed by atoms with van der Waals surface area (Å²) in [7, 11) is 1.68. The van der Waals surface area contributed by atoms with Crippen LogP contribution in [0.5, 0.6) is 5.75 Å². The van der Waals surface area contributed by atoms with E-state index in [1.807, 2.05) is 23.9 Å². The third kappa shape index (κ3) is 6.45. The van der Waals surface area contributed by atoms with Gasteiger partial charge in [-0.3, -0.25) is 0 Å². The van der Waals surface area contributed by atoms with Gasteiger partial charge >= 0.3 is 0 Å². The van der Waals surface area contributed by atoms with E-state index in [1.165, 1.54) is 5.56 Å². The Morgan fingerprint density at radius 1 is 1.05 bits per heavy atom. The molecule has 1 spiro atoms. The van der Waals surface area contributed by atoms with E-state index in [4.69, 9.17) is 4.74 Å². The van der Waals surface area contributed by atoms with Crippen molar-refractivity contribution in [3.8, 4) is 5.75 Å². The van der Waals surface area contributed by atoms with Crippen LogP contribution in [0.2, 0.25) is 0 Å². The number of ether oxygens (including phenoxy) is 1. The summed E-state index contributed by atoms with van der Waals surface area (Å²) >= 11 is 2.00. The van der Waals surface area contributed by atoms with Gasteiger partial charge in [0.1, 0.15) is 11.6 Å². The van der Waals surface area contributed by atoms with Crippen molar-refractivity contribution >= 4 is 17.7 Å². The Kier molecular flexibility index (Phi) is 8.35. The van der Waals surface area contributed by atoms with E-state index >= 15 is 0 Å². The zero-order valence-corrected chi connectivity index (χ0v) is 24.2. The topological polar surface area (TPSA) is 68.8 Å². The predicted molar refractivity (Wildman–Crippen MR) is 154 cm³/mol. The number of likely N-dealkylation sites (tertiary alicyclic amines) is 2. The SMILES string of the molecule is COc1ccc(CC2CN(CCCN3CCC(F)(F)CC3)CCC34C=C(Nc5ncc(F)cn5)NN3CSC24)cc1. The quantitative estimate of drug-likeness (QED) is 0.448. The van der Waals surface area contributed by atoms with E-state index in [2.05, 4.69) is 53.7 Å². The Hall–Kier alpha value is -2.54. The molecule has 6 rings (SSSR count). The zero-order chi connectivity index (χ0) is 28.5. The van der Waals surface area contributed by atoms with Crippen LogP contribution in [-0.4, -0.2) is 93.7 Å². The highest BCUT2D eigenvalue weighted by molar-refractivity contribution is 8.00. The highest BCUT2D eigenvalue weighted by atomic mass is 32.2. The van der Waals surface area contributed by atoms with Gasteiger partial charge in [-0.1, -0.05) is 12.1 Å². The lowest BCUT2D eigenvalue weighted by Gasteiger charge is -2.36. The van der Waals surface area contributed by atoms with Gasteiger partial charge in [0.05, 0.1) is 30.9 Å². The molecule has 12 heteroatoms. The van der Waals surface area contributed by atoms with Crippen LogP contribution in [0.1, 0.15) is 31.2 Å². The molecule has 4 aliphatic rings. The molecule has 8 nitrogen and oxygen atoms in total. The number of rotatable bonds is 9. The van der Waals surface area contributed by atoms with E-state index in [9.17, 15) is 13.2 Å². The van der Waals surface area contributed by atoms with Crippen LogP contribution >= 0.6 is 11.8 Å². The molecular weight excluding hydrogens is 551 g/mol. The number of alkyl halides is 2. The smallest absolute Gasteiger partial charge is 0.250 e. The first-order valence-corrected chi connectivity index (χ1v) is 15.5. The highest BCUT2D eigenvalue weighted by Gasteiger charge is 2.55. The number of hydrogen-bond donors (Lipinski definition) is 2. The Balaban J connectivity index is 1.18. The third-order valence-corrected chi connectivity index (χ3v) is 10.4. The molecular formula is C29H38F3N7OS. The van der Waals surface area contributed by atoms with Gasteiger partial charge in [0, 0.05) is 44.3 Å². The van der Waals surface area contributed by atoms with Crippen LogP contribution < -0.4 is 15.5 Å². The number of anilines is 1. The molecule has 0 bridgehead atoms. The molecule has 0 saturated carbocycles. The van der Waals surface area contributed by atoms with Crippen LogP contribution in [0.15, 0.2) is 48.6 Å². The Labute approximate surface area is 243 Å². The number of nitrogens with zero attached hydrogens (tertiary/aromatic N) is 5. The van der Waals surface area contributed by atoms with Gasteiger partial charge in [-0.2, -0.15) is 0 Å². The summed E-state index contributed by atoms with van der Waals surface area (Å²) in [6.07, 6.45) is 7.42. The molecule has 4 aliphatic heterocycles. The maximum atomic E-state index is 13.6. The first kappa shape index (κ1) is 28.6. The molecule has 3 fully saturated rings. The van der Waals surface area contributed by atoms with Crippen molar-refractivity contribution in [3.05, 3.63) is 59.9 Å². The highest BCUT2D eigenvalue weighted by Crippen LogP contribution is 2.49. The molecule has 0 amide bonds. The van der Waals surface area contributed by atoms with Crippen molar-refractivity contribution < 1.29 is 17.9 Å². The van der Waals surface area contributed by atoms with Crippen molar-refractivity contribution in [3.63, 3.8) is 0 Å². The summed E-state index contributed by atoms with van der Waals surface area (Å²) in [5.74, 6) is 0.307. The Morgan fingerprint density at radius 2 is 1.76 bits per heavy atom. The molecule has 3 unspecified atom stereocenters. The zero-order valence-electron chi connectivity index (χ0n) is 23.4. The number of piperidine rings is 1. The van der Waals surface area contributed by atoms with Gasteiger partial charge in [-0.05, 0) is 62.0 Å². The average molecular weight is 590 g/mol. The average Bonchev–Trinajstić information content (AvgIpc) is 3.44. The van der Waals surface area contributed by atoms with E-state index in [1.54, 1.807) is 7.11 Å². The second-order valence-electron chi connectivity index (χ2n) is 11.6. The fourth-order valence-corrected chi connectivity index (χ4v) is 8.34. The van der Waals surface area contributed by atoms with Crippen molar-refractivity contribution in [2.45, 2.75) is 48.8 Å². The molecule has 222 valence electrons. The number of aromatic nitrogens is 2. The first-order valence-electron chi connectivity index (χ1n) is 14.4. The van der Waals surface area contributed by atoms with Crippen molar-refractivity contribution in [2.75, 3.05) is 57.6 Å². The van der Waals surface area contributed by atoms with Crippen molar-refractivity contribution in [1.82, 2.24) is 30.2 Å². The fourth-order valence-electron chi connectivity index (χ4n) is 6.67. The monoisotopic (exact) mass is 589 g/mol. The third-order valence-electron chi connectivity index (χ3n) is 8.84. The van der Waals surface area contributed by atoms with Crippen LogP contribution in [-0.2, 0) is 6.42 Å². The van der Waals surface area contributed by atoms with Crippen LogP contribution in [0.25, 0.3) is 0 Å². The molecule has 2 aromatic rings. The van der Waals surface area contributed by atoms with E-state index < -0.39 is 11.7 Å². The van der Waals surface area contributed by atoms with Gasteiger partial charge < -0.3 is 25.3 Å². The minimum Gasteiger partial charge on any atom is -0.497 e. The predicted octanol–water partition coefficient (Wildman–Crippen LogP) is 4.20. The molecule has 41 heavy (non-hydrogen) atoms. The standard InChI is InChI=1S/C29H38F3N7OS/c1-40-24-5-3-21(4-6-24)15-22-19-38(11-2-10-37-13-8-29(31,32)9-14-37)12-7-28-16-25(36-39(28)20-41-26(22)28)35-27-33-17-23(30)18-34-27/h3-6,16-18,22,26,36H,2,7-15,19-20H2,1H3,(H,33,34,35). The summed E-state index contributed by atoms with van der Waals surface area (Å²) in [6.45, 7) is 4.70. The van der Waals surface area contributed by atoms with Gasteiger partial charge in [0.2, 0.25) is 5.95 Å². The first-order chi connectivity index (χ1) is 19.8. The molecule has 3 atom stereocenters. The minimum absolute atomic E-state index is 0.0312. The molecule has 1 aromatic carbocycles. The summed E-state index contributed by atoms with van der Waals surface area (Å²) in [4.78, 5) is 12.9. The second-order valence-corrected chi connectivity index (χ2v) is 12.7. The molecule has 1 aromatic heterocycles. The lowest BCUT2D eigenvalue weighted by Crippen LogP contribution is -2.51. The van der Waals surface area contributed by atoms with E-state index in [0.717, 1.165) is 75.3 Å². The summed E-state index contributed by atoms with van der Waals surface area (Å²) in [6, 6.07) is 8.37. The molecule has 0 radical (unpaired) electrons. The number of halogens is 3. The normalized spacial score (nSPS) is 28.3.